The monoisotopic (exact) mass is 290 g/mol. The second-order valence-corrected chi connectivity index (χ2v) is 4.10. The molecule has 0 aliphatic heterocycles. The van der Waals surface area contributed by atoms with E-state index >= 15 is 0 Å². The van der Waals surface area contributed by atoms with Crippen LogP contribution >= 0.6 is 0 Å². The van der Waals surface area contributed by atoms with E-state index in [0.29, 0.717) is 6.42 Å². The molecule has 0 heterocycles. The van der Waals surface area contributed by atoms with Crippen LogP contribution in [0.3, 0.4) is 0 Å². The average molecular weight is 290 g/mol. The van der Waals surface area contributed by atoms with E-state index in [-0.39, 0.29) is 19.2 Å². The first-order valence-electron chi connectivity index (χ1n) is 6.49. The van der Waals surface area contributed by atoms with Crippen LogP contribution in [0.15, 0.2) is 48.5 Å². The van der Waals surface area contributed by atoms with Crippen LogP contribution in [0.25, 0.3) is 10.8 Å². The Kier molecular flexibility index (Phi) is 12.9. The zero-order valence-corrected chi connectivity index (χ0v) is 12.6. The van der Waals surface area contributed by atoms with Gasteiger partial charge in [-0.1, -0.05) is 62.9 Å². The highest BCUT2D eigenvalue weighted by Crippen LogP contribution is 2.11. The van der Waals surface area contributed by atoms with Gasteiger partial charge in [0.2, 0.25) is 0 Å². The van der Waals surface area contributed by atoms with Crippen molar-refractivity contribution in [1.82, 2.24) is 0 Å². The van der Waals surface area contributed by atoms with Gasteiger partial charge in [-0.15, -0.1) is 0 Å². The van der Waals surface area contributed by atoms with Gasteiger partial charge in [0, 0.05) is 13.3 Å². The Bertz CT molecular complexity index is 453. The fraction of sp³-hybridized carbons (Fsp3) is 0.333. The molecule has 3 heteroatoms. The van der Waals surface area contributed by atoms with Crippen LogP contribution in [0.5, 0.6) is 0 Å². The molecule has 0 saturated heterocycles. The SMILES string of the molecule is C.CCC(C)=O.COC(C)=O.c1ccc2ccccc2c1. The summed E-state index contributed by atoms with van der Waals surface area (Å²) in [6.45, 7) is 4.79. The van der Waals surface area contributed by atoms with Gasteiger partial charge in [0.15, 0.2) is 0 Å². The predicted octanol–water partition coefficient (Wildman–Crippen LogP) is 4.64. The van der Waals surface area contributed by atoms with E-state index < -0.39 is 0 Å². The van der Waals surface area contributed by atoms with E-state index in [1.807, 2.05) is 6.92 Å². The Balaban J connectivity index is 0. The van der Waals surface area contributed by atoms with Crippen molar-refractivity contribution in [1.29, 1.82) is 0 Å². The Labute approximate surface area is 127 Å². The van der Waals surface area contributed by atoms with Crippen molar-refractivity contribution in [2.75, 3.05) is 7.11 Å². The van der Waals surface area contributed by atoms with Crippen LogP contribution in [0.2, 0.25) is 0 Å². The zero-order valence-electron chi connectivity index (χ0n) is 12.6. The third-order valence-electron chi connectivity index (χ3n) is 2.44. The summed E-state index contributed by atoms with van der Waals surface area (Å²) in [4.78, 5) is 19.4. The van der Waals surface area contributed by atoms with Crippen LogP contribution in [0.4, 0.5) is 0 Å². The van der Waals surface area contributed by atoms with Gasteiger partial charge in [-0.05, 0) is 17.7 Å². The first kappa shape index (κ1) is 21.1. The molecule has 0 unspecified atom stereocenters. The summed E-state index contributed by atoms with van der Waals surface area (Å²) in [6.07, 6.45) is 0.667. The first-order chi connectivity index (χ1) is 9.51. The summed E-state index contributed by atoms with van der Waals surface area (Å²) in [5.41, 5.74) is 0. The van der Waals surface area contributed by atoms with Crippen molar-refractivity contribution in [2.45, 2.75) is 34.6 Å². The molecule has 0 spiro atoms. The molecule has 0 aliphatic rings. The third kappa shape index (κ3) is 11.4. The predicted molar refractivity (Wildman–Crippen MR) is 89.3 cm³/mol. The summed E-state index contributed by atoms with van der Waals surface area (Å²) < 4.78 is 4.11. The molecule has 116 valence electrons. The summed E-state index contributed by atoms with van der Waals surface area (Å²) in [6, 6.07) is 16.7. The average Bonchev–Trinajstić information content (AvgIpc) is 2.48. The minimum Gasteiger partial charge on any atom is -0.469 e. The van der Waals surface area contributed by atoms with Crippen molar-refractivity contribution in [3.8, 4) is 0 Å². The van der Waals surface area contributed by atoms with E-state index in [9.17, 15) is 9.59 Å². The Morgan fingerprint density at radius 2 is 1.14 bits per heavy atom. The molecule has 0 saturated carbocycles. The summed E-state index contributed by atoms with van der Waals surface area (Å²) in [5, 5.41) is 2.62. The number of Topliss-reactive ketones (excluding diaryl/α,β-unsaturated/α-hetero) is 1. The lowest BCUT2D eigenvalue weighted by Crippen LogP contribution is -1.88. The van der Waals surface area contributed by atoms with Gasteiger partial charge in [-0.3, -0.25) is 4.79 Å². The molecule has 3 nitrogen and oxygen atoms in total. The van der Waals surface area contributed by atoms with E-state index in [4.69, 9.17) is 0 Å². The molecule has 0 aliphatic carbocycles. The van der Waals surface area contributed by atoms with Crippen LogP contribution in [0.1, 0.15) is 34.6 Å². The van der Waals surface area contributed by atoms with Crippen molar-refractivity contribution in [3.63, 3.8) is 0 Å². The highest BCUT2D eigenvalue weighted by molar-refractivity contribution is 5.82. The normalized spacial score (nSPS) is 8.19. The third-order valence-corrected chi connectivity index (χ3v) is 2.44. The number of carbonyl (C=O) groups is 2. The maximum absolute atomic E-state index is 9.81. The lowest BCUT2D eigenvalue weighted by molar-refractivity contribution is -0.137. The maximum Gasteiger partial charge on any atom is 0.302 e. The Morgan fingerprint density at radius 1 is 0.905 bits per heavy atom. The van der Waals surface area contributed by atoms with Gasteiger partial charge in [-0.25, -0.2) is 0 Å². The molecule has 0 fully saturated rings. The molecule has 2 rings (SSSR count). The fourth-order valence-electron chi connectivity index (χ4n) is 1.13. The first-order valence-corrected chi connectivity index (χ1v) is 6.49. The number of carbonyl (C=O) groups excluding carboxylic acids is 2. The summed E-state index contributed by atoms with van der Waals surface area (Å²) in [7, 11) is 1.35. The number of hydrogen-bond donors (Lipinski definition) is 0. The smallest absolute Gasteiger partial charge is 0.302 e. The maximum atomic E-state index is 9.81. The molecule has 0 amide bonds. The number of methoxy groups -OCH3 is 1. The van der Waals surface area contributed by atoms with Gasteiger partial charge in [0.1, 0.15) is 5.78 Å². The number of rotatable bonds is 1. The number of benzene rings is 2. The van der Waals surface area contributed by atoms with Gasteiger partial charge in [0.25, 0.3) is 0 Å². The van der Waals surface area contributed by atoms with Crippen molar-refractivity contribution >= 4 is 22.5 Å². The Morgan fingerprint density at radius 3 is 1.29 bits per heavy atom. The lowest BCUT2D eigenvalue weighted by Gasteiger charge is -1.92. The summed E-state index contributed by atoms with van der Waals surface area (Å²) >= 11 is 0. The topological polar surface area (TPSA) is 43.4 Å². The molecule has 0 bridgehead atoms. The number of esters is 1. The van der Waals surface area contributed by atoms with Crippen LogP contribution in [-0.2, 0) is 14.3 Å². The van der Waals surface area contributed by atoms with Crippen LogP contribution in [-0.4, -0.2) is 18.9 Å². The van der Waals surface area contributed by atoms with E-state index in [1.54, 1.807) is 6.92 Å². The number of fused-ring (bicyclic) bond motifs is 1. The van der Waals surface area contributed by atoms with E-state index in [0.717, 1.165) is 0 Å². The van der Waals surface area contributed by atoms with Crippen molar-refractivity contribution in [2.24, 2.45) is 0 Å². The molecular weight excluding hydrogens is 264 g/mol. The number of hydrogen-bond acceptors (Lipinski definition) is 3. The molecule has 21 heavy (non-hydrogen) atoms. The lowest BCUT2D eigenvalue weighted by atomic mass is 10.1. The van der Waals surface area contributed by atoms with Crippen molar-refractivity contribution in [3.05, 3.63) is 48.5 Å². The van der Waals surface area contributed by atoms with Gasteiger partial charge in [0.05, 0.1) is 7.11 Å². The fourth-order valence-corrected chi connectivity index (χ4v) is 1.13. The highest BCUT2D eigenvalue weighted by atomic mass is 16.5. The molecular formula is C18H26O3. The molecule has 0 radical (unpaired) electrons. The molecule has 2 aromatic rings. The van der Waals surface area contributed by atoms with Gasteiger partial charge in [-0.2, -0.15) is 0 Å². The zero-order chi connectivity index (χ0) is 15.4. The number of ketones is 1. The van der Waals surface area contributed by atoms with E-state index in [1.165, 1.54) is 24.8 Å². The van der Waals surface area contributed by atoms with Gasteiger partial charge >= 0.3 is 5.97 Å². The molecule has 0 aromatic heterocycles. The quantitative estimate of drug-likeness (QED) is 0.718. The summed E-state index contributed by atoms with van der Waals surface area (Å²) in [5.74, 6) is 0.00926. The second kappa shape index (κ2) is 12.9. The minimum absolute atomic E-state index is 0. The molecule has 0 N–H and O–H groups in total. The standard InChI is InChI=1S/C10H8.C4H8O.C3H6O2.CH4/c1-2-6-10-8-4-3-7-9(10)5-1;1-3-4(2)5;1-3(4)5-2;/h1-8H;3H2,1-2H3;1-2H3;1H4. The second-order valence-electron chi connectivity index (χ2n) is 4.10. The number of ether oxygens (including phenoxy) is 1. The van der Waals surface area contributed by atoms with Crippen LogP contribution < -0.4 is 0 Å². The largest absolute Gasteiger partial charge is 0.469 e. The Hall–Kier alpha value is -2.16. The van der Waals surface area contributed by atoms with Crippen molar-refractivity contribution < 1.29 is 14.3 Å². The van der Waals surface area contributed by atoms with E-state index in [2.05, 4.69) is 53.3 Å². The molecule has 2 aromatic carbocycles. The highest BCUT2D eigenvalue weighted by Gasteiger charge is 1.85. The van der Waals surface area contributed by atoms with Crippen LogP contribution in [0, 0.1) is 0 Å². The minimum atomic E-state index is -0.245. The molecule has 0 atom stereocenters. The van der Waals surface area contributed by atoms with Gasteiger partial charge < -0.3 is 9.53 Å².